The number of benzene rings is 1. The third-order valence-corrected chi connectivity index (χ3v) is 5.32. The largest absolute Gasteiger partial charge is 0.376 e. The fraction of sp³-hybridized carbons (Fsp3) is 0.667. The molecule has 1 N–H and O–H groups in total. The lowest BCUT2D eigenvalue weighted by Gasteiger charge is -2.35. The van der Waals surface area contributed by atoms with E-state index >= 15 is 0 Å². The van der Waals surface area contributed by atoms with Gasteiger partial charge in [0.05, 0.1) is 18.8 Å². The van der Waals surface area contributed by atoms with Crippen LogP contribution in [0.2, 0.25) is 0 Å². The van der Waals surface area contributed by atoms with Gasteiger partial charge in [-0.05, 0) is 44.6 Å². The molecule has 0 aliphatic carbocycles. The van der Waals surface area contributed by atoms with Crippen LogP contribution >= 0.6 is 0 Å². The Morgan fingerprint density at radius 2 is 1.96 bits per heavy atom. The van der Waals surface area contributed by atoms with E-state index in [0.717, 1.165) is 58.1 Å². The first kappa shape index (κ1) is 19.2. The molecule has 0 bridgehead atoms. The minimum Gasteiger partial charge on any atom is -0.376 e. The molecule has 3 rings (SSSR count). The lowest BCUT2D eigenvalue weighted by molar-refractivity contribution is -0.0721. The number of likely N-dealkylation sites (tertiary alicyclic amines) is 1. The third kappa shape index (κ3) is 5.71. The van der Waals surface area contributed by atoms with Crippen molar-refractivity contribution >= 4 is 5.96 Å². The summed E-state index contributed by atoms with van der Waals surface area (Å²) in [6.07, 6.45) is 6.39. The first-order valence-corrected chi connectivity index (χ1v) is 9.99. The van der Waals surface area contributed by atoms with E-state index in [2.05, 4.69) is 46.4 Å². The Balaban J connectivity index is 1.38. The second-order valence-corrected chi connectivity index (χ2v) is 7.39. The molecule has 2 saturated heterocycles. The number of nitrogens with one attached hydrogen (secondary N) is 1. The van der Waals surface area contributed by atoms with Crippen molar-refractivity contribution in [2.45, 2.75) is 57.8 Å². The van der Waals surface area contributed by atoms with E-state index in [9.17, 15) is 0 Å². The molecule has 1 aromatic carbocycles. The highest BCUT2D eigenvalue weighted by molar-refractivity contribution is 5.79. The molecule has 0 aromatic heterocycles. The molecule has 144 valence electrons. The summed E-state index contributed by atoms with van der Waals surface area (Å²) < 4.78 is 11.9. The topological polar surface area (TPSA) is 46.1 Å². The van der Waals surface area contributed by atoms with Crippen molar-refractivity contribution in [1.82, 2.24) is 10.2 Å². The Kier molecular flexibility index (Phi) is 7.32. The van der Waals surface area contributed by atoms with Crippen LogP contribution in [0.3, 0.4) is 0 Å². The zero-order valence-corrected chi connectivity index (χ0v) is 16.2. The second-order valence-electron chi connectivity index (χ2n) is 7.39. The molecule has 5 nitrogen and oxygen atoms in total. The summed E-state index contributed by atoms with van der Waals surface area (Å²) in [5, 5.41) is 3.49. The summed E-state index contributed by atoms with van der Waals surface area (Å²) in [5.41, 5.74) is 2.57. The minimum absolute atomic E-state index is 0.311. The third-order valence-electron chi connectivity index (χ3n) is 5.32. The van der Waals surface area contributed by atoms with Crippen LogP contribution in [0.5, 0.6) is 0 Å². The summed E-state index contributed by atoms with van der Waals surface area (Å²) in [5.74, 6) is 0.986. The summed E-state index contributed by atoms with van der Waals surface area (Å²) in [7, 11) is 1.86. The molecule has 26 heavy (non-hydrogen) atoms. The second kappa shape index (κ2) is 9.93. The molecule has 0 spiro atoms. The van der Waals surface area contributed by atoms with Gasteiger partial charge in [-0.15, -0.1) is 0 Å². The number of nitrogens with zero attached hydrogens (tertiary/aromatic N) is 2. The molecule has 5 heteroatoms. The lowest BCUT2D eigenvalue weighted by Crippen LogP contribution is -2.47. The van der Waals surface area contributed by atoms with Gasteiger partial charge in [-0.2, -0.15) is 0 Å². The fourth-order valence-electron chi connectivity index (χ4n) is 3.64. The first-order valence-electron chi connectivity index (χ1n) is 9.99. The van der Waals surface area contributed by atoms with Crippen LogP contribution in [-0.2, 0) is 16.0 Å². The molecule has 0 amide bonds. The molecule has 2 heterocycles. The zero-order valence-electron chi connectivity index (χ0n) is 16.2. The zero-order chi connectivity index (χ0) is 18.2. The van der Waals surface area contributed by atoms with Crippen LogP contribution in [0.25, 0.3) is 0 Å². The SMILES string of the molecule is CN=C(NCc1ccc(C)cc1)N1CCC(OCC2CCCCO2)CC1. The predicted octanol–water partition coefficient (Wildman–Crippen LogP) is 3.12. The number of guanidine groups is 1. The fourth-order valence-corrected chi connectivity index (χ4v) is 3.64. The maximum Gasteiger partial charge on any atom is 0.193 e. The number of rotatable bonds is 5. The van der Waals surface area contributed by atoms with Crippen LogP contribution in [-0.4, -0.2) is 56.4 Å². The van der Waals surface area contributed by atoms with Gasteiger partial charge in [-0.25, -0.2) is 0 Å². The molecular weight excluding hydrogens is 326 g/mol. The molecular formula is C21H33N3O2. The quantitative estimate of drug-likeness (QED) is 0.648. The standard InChI is InChI=1S/C21H33N3O2/c1-17-6-8-18(9-7-17)15-23-21(22-2)24-12-10-19(11-13-24)26-16-20-5-3-4-14-25-20/h6-9,19-20H,3-5,10-16H2,1-2H3,(H,22,23). The van der Waals surface area contributed by atoms with E-state index in [0.29, 0.717) is 12.2 Å². The van der Waals surface area contributed by atoms with Crippen LogP contribution in [0.15, 0.2) is 29.3 Å². The maximum atomic E-state index is 6.11. The van der Waals surface area contributed by atoms with Gasteiger partial charge < -0.3 is 19.7 Å². The molecule has 1 aromatic rings. The molecule has 0 radical (unpaired) electrons. The minimum atomic E-state index is 0.311. The maximum absolute atomic E-state index is 6.11. The summed E-state index contributed by atoms with van der Waals surface area (Å²) in [4.78, 5) is 6.80. The molecule has 2 aliphatic rings. The predicted molar refractivity (Wildman–Crippen MR) is 106 cm³/mol. The van der Waals surface area contributed by atoms with Gasteiger partial charge in [0.2, 0.25) is 0 Å². The Hall–Kier alpha value is -1.59. The van der Waals surface area contributed by atoms with Crippen LogP contribution in [0.1, 0.15) is 43.2 Å². The van der Waals surface area contributed by atoms with Gasteiger partial charge in [0.25, 0.3) is 0 Å². The summed E-state index contributed by atoms with van der Waals surface area (Å²) >= 11 is 0. The molecule has 1 atom stereocenters. The van der Waals surface area contributed by atoms with Crippen LogP contribution in [0, 0.1) is 6.92 Å². The van der Waals surface area contributed by atoms with Crippen molar-refractivity contribution in [3.8, 4) is 0 Å². The van der Waals surface area contributed by atoms with Crippen molar-refractivity contribution in [1.29, 1.82) is 0 Å². The number of piperidine rings is 1. The van der Waals surface area contributed by atoms with Crippen LogP contribution < -0.4 is 5.32 Å². The highest BCUT2D eigenvalue weighted by atomic mass is 16.5. The van der Waals surface area contributed by atoms with E-state index in [1.54, 1.807) is 0 Å². The summed E-state index contributed by atoms with van der Waals surface area (Å²) in [6, 6.07) is 8.64. The van der Waals surface area contributed by atoms with Gasteiger partial charge in [0.15, 0.2) is 5.96 Å². The van der Waals surface area contributed by atoms with Gasteiger partial charge in [0, 0.05) is 33.3 Å². The van der Waals surface area contributed by atoms with Crippen molar-refractivity contribution < 1.29 is 9.47 Å². The number of ether oxygens (including phenoxy) is 2. The van der Waals surface area contributed by atoms with E-state index in [1.807, 2.05) is 7.05 Å². The Morgan fingerprint density at radius 1 is 1.19 bits per heavy atom. The van der Waals surface area contributed by atoms with Crippen molar-refractivity contribution in [3.63, 3.8) is 0 Å². The van der Waals surface area contributed by atoms with Crippen molar-refractivity contribution in [2.75, 3.05) is 33.4 Å². The number of aliphatic imine (C=N–C) groups is 1. The number of aryl methyl sites for hydroxylation is 1. The smallest absolute Gasteiger partial charge is 0.193 e. The van der Waals surface area contributed by atoms with E-state index in [1.165, 1.54) is 24.0 Å². The average molecular weight is 360 g/mol. The highest BCUT2D eigenvalue weighted by Gasteiger charge is 2.23. The molecule has 0 saturated carbocycles. The number of hydrogen-bond donors (Lipinski definition) is 1. The number of hydrogen-bond acceptors (Lipinski definition) is 3. The lowest BCUT2D eigenvalue weighted by atomic mass is 10.1. The monoisotopic (exact) mass is 359 g/mol. The highest BCUT2D eigenvalue weighted by Crippen LogP contribution is 2.18. The Bertz CT molecular complexity index is 559. The molecule has 2 aliphatic heterocycles. The summed E-state index contributed by atoms with van der Waals surface area (Å²) in [6.45, 7) is 6.55. The normalized spacial score (nSPS) is 22.5. The van der Waals surface area contributed by atoms with Crippen molar-refractivity contribution in [3.05, 3.63) is 35.4 Å². The van der Waals surface area contributed by atoms with E-state index in [-0.39, 0.29) is 0 Å². The first-order chi connectivity index (χ1) is 12.7. The Labute approximate surface area is 157 Å². The van der Waals surface area contributed by atoms with Gasteiger partial charge in [0.1, 0.15) is 0 Å². The van der Waals surface area contributed by atoms with Gasteiger partial charge in [-0.1, -0.05) is 29.8 Å². The average Bonchev–Trinajstić information content (AvgIpc) is 2.70. The van der Waals surface area contributed by atoms with Gasteiger partial charge in [-0.3, -0.25) is 4.99 Å². The van der Waals surface area contributed by atoms with E-state index < -0.39 is 0 Å². The Morgan fingerprint density at radius 3 is 2.62 bits per heavy atom. The van der Waals surface area contributed by atoms with Crippen LogP contribution in [0.4, 0.5) is 0 Å². The molecule has 1 unspecified atom stereocenters. The molecule has 2 fully saturated rings. The van der Waals surface area contributed by atoms with Crippen molar-refractivity contribution in [2.24, 2.45) is 4.99 Å². The van der Waals surface area contributed by atoms with E-state index in [4.69, 9.17) is 9.47 Å². The van der Waals surface area contributed by atoms with Gasteiger partial charge >= 0.3 is 0 Å².